The quantitative estimate of drug-likeness (QED) is 0.650. The molecule has 3 rings (SSSR count). The molecule has 3 aromatic rings. The summed E-state index contributed by atoms with van der Waals surface area (Å²) in [5.74, 6) is 0.541. The predicted molar refractivity (Wildman–Crippen MR) is 84.9 cm³/mol. The molecule has 0 saturated carbocycles. The average molecular weight is 309 g/mol. The molecule has 0 radical (unpaired) electrons. The van der Waals surface area contributed by atoms with Crippen LogP contribution in [0.2, 0.25) is 0 Å². The van der Waals surface area contributed by atoms with Gasteiger partial charge in [0.1, 0.15) is 11.3 Å². The first-order valence-electron chi connectivity index (χ1n) is 7.21. The first-order chi connectivity index (χ1) is 11.2. The standard InChI is InChI=1S/C18H15NO4/c1-22-14-5-2-12(3-6-14)16(20)7-8-17(21)13-4-9-18-15(10-13)19-11-23-18/h2-6,9-11H,7-8H2,1H3. The minimum Gasteiger partial charge on any atom is -0.497 e. The molecule has 0 unspecified atom stereocenters. The molecule has 0 amide bonds. The van der Waals surface area contributed by atoms with Gasteiger partial charge in [-0.3, -0.25) is 9.59 Å². The second-order valence-corrected chi connectivity index (χ2v) is 5.11. The van der Waals surface area contributed by atoms with Crippen molar-refractivity contribution in [3.63, 3.8) is 0 Å². The molecule has 1 aromatic heterocycles. The highest BCUT2D eigenvalue weighted by Gasteiger charge is 2.12. The van der Waals surface area contributed by atoms with Crippen molar-refractivity contribution in [3.8, 4) is 5.75 Å². The SMILES string of the molecule is COc1ccc(C(=O)CCC(=O)c2ccc3ocnc3c2)cc1. The van der Waals surface area contributed by atoms with Crippen LogP contribution in [-0.4, -0.2) is 23.7 Å². The van der Waals surface area contributed by atoms with Gasteiger partial charge in [-0.25, -0.2) is 4.98 Å². The molecule has 0 fully saturated rings. The van der Waals surface area contributed by atoms with E-state index in [2.05, 4.69) is 4.98 Å². The zero-order valence-corrected chi connectivity index (χ0v) is 12.6. The Labute approximate surface area is 132 Å². The molecule has 5 heteroatoms. The van der Waals surface area contributed by atoms with Gasteiger partial charge in [0, 0.05) is 24.0 Å². The van der Waals surface area contributed by atoms with Gasteiger partial charge in [-0.2, -0.15) is 0 Å². The molecule has 0 aliphatic heterocycles. The summed E-state index contributed by atoms with van der Waals surface area (Å²) in [6.45, 7) is 0. The molecule has 0 N–H and O–H groups in total. The highest BCUT2D eigenvalue weighted by Crippen LogP contribution is 2.17. The monoisotopic (exact) mass is 309 g/mol. The van der Waals surface area contributed by atoms with Crippen molar-refractivity contribution in [1.82, 2.24) is 4.98 Å². The Hall–Kier alpha value is -2.95. The highest BCUT2D eigenvalue weighted by molar-refractivity contribution is 6.03. The molecule has 116 valence electrons. The largest absolute Gasteiger partial charge is 0.497 e. The zero-order chi connectivity index (χ0) is 16.2. The van der Waals surface area contributed by atoms with Gasteiger partial charge in [-0.05, 0) is 42.5 Å². The van der Waals surface area contributed by atoms with Crippen LogP contribution in [0.4, 0.5) is 0 Å². The van der Waals surface area contributed by atoms with Crippen LogP contribution in [-0.2, 0) is 0 Å². The molecule has 0 bridgehead atoms. The van der Waals surface area contributed by atoms with Crippen molar-refractivity contribution in [3.05, 3.63) is 60.0 Å². The Morgan fingerprint density at radius 1 is 1.00 bits per heavy atom. The van der Waals surface area contributed by atoms with Crippen molar-refractivity contribution in [1.29, 1.82) is 0 Å². The van der Waals surface area contributed by atoms with Crippen molar-refractivity contribution < 1.29 is 18.7 Å². The summed E-state index contributed by atoms with van der Waals surface area (Å²) in [5, 5.41) is 0. The Kier molecular flexibility index (Phi) is 4.19. The second-order valence-electron chi connectivity index (χ2n) is 5.11. The number of Topliss-reactive ketones (excluding diaryl/α,β-unsaturated/α-hetero) is 2. The minimum absolute atomic E-state index is 0.0662. The normalized spacial score (nSPS) is 10.7. The summed E-state index contributed by atoms with van der Waals surface area (Å²) < 4.78 is 10.2. The number of oxazole rings is 1. The summed E-state index contributed by atoms with van der Waals surface area (Å²) in [6.07, 6.45) is 1.67. The first-order valence-corrected chi connectivity index (χ1v) is 7.21. The third kappa shape index (κ3) is 3.29. The van der Waals surface area contributed by atoms with Crippen LogP contribution in [0.1, 0.15) is 33.6 Å². The van der Waals surface area contributed by atoms with E-state index in [0.29, 0.717) is 28.0 Å². The number of carbonyl (C=O) groups is 2. The van der Waals surface area contributed by atoms with Gasteiger partial charge in [0.05, 0.1) is 7.11 Å². The molecule has 23 heavy (non-hydrogen) atoms. The number of fused-ring (bicyclic) bond motifs is 1. The summed E-state index contributed by atoms with van der Waals surface area (Å²) in [5.41, 5.74) is 2.38. The maximum Gasteiger partial charge on any atom is 0.181 e. The van der Waals surface area contributed by atoms with Gasteiger partial charge in [0.2, 0.25) is 0 Å². The van der Waals surface area contributed by atoms with Gasteiger partial charge >= 0.3 is 0 Å². The molecular formula is C18H15NO4. The molecular weight excluding hydrogens is 294 g/mol. The van der Waals surface area contributed by atoms with E-state index in [1.165, 1.54) is 6.39 Å². The lowest BCUT2D eigenvalue weighted by molar-refractivity contribution is 0.0917. The number of rotatable bonds is 6. The Bertz CT molecular complexity index is 849. The number of hydrogen-bond acceptors (Lipinski definition) is 5. The average Bonchev–Trinajstić information content (AvgIpc) is 3.07. The third-order valence-corrected chi connectivity index (χ3v) is 3.64. The number of aromatic nitrogens is 1. The number of nitrogens with zero attached hydrogens (tertiary/aromatic N) is 1. The number of methoxy groups -OCH3 is 1. The Morgan fingerprint density at radius 3 is 2.35 bits per heavy atom. The van der Waals surface area contributed by atoms with Crippen LogP contribution >= 0.6 is 0 Å². The van der Waals surface area contributed by atoms with E-state index in [1.807, 2.05) is 0 Å². The van der Waals surface area contributed by atoms with Crippen molar-refractivity contribution in [2.24, 2.45) is 0 Å². The molecule has 1 heterocycles. The topological polar surface area (TPSA) is 69.4 Å². The fraction of sp³-hybridized carbons (Fsp3) is 0.167. The lowest BCUT2D eigenvalue weighted by Gasteiger charge is -2.03. The maximum absolute atomic E-state index is 12.2. The van der Waals surface area contributed by atoms with Crippen molar-refractivity contribution in [2.45, 2.75) is 12.8 Å². The Balaban J connectivity index is 1.64. The number of benzene rings is 2. The third-order valence-electron chi connectivity index (χ3n) is 3.64. The molecule has 0 spiro atoms. The van der Waals surface area contributed by atoms with E-state index in [4.69, 9.17) is 9.15 Å². The molecule has 0 aliphatic carbocycles. The molecule has 0 aliphatic rings. The van der Waals surface area contributed by atoms with Crippen LogP contribution in [0.3, 0.4) is 0 Å². The fourth-order valence-electron chi connectivity index (χ4n) is 2.32. The van der Waals surface area contributed by atoms with E-state index in [-0.39, 0.29) is 24.4 Å². The lowest BCUT2D eigenvalue weighted by atomic mass is 10.0. The molecule has 2 aromatic carbocycles. The molecule has 0 atom stereocenters. The summed E-state index contributed by atoms with van der Waals surface area (Å²) >= 11 is 0. The van der Waals surface area contributed by atoms with Gasteiger partial charge in [-0.15, -0.1) is 0 Å². The predicted octanol–water partition coefficient (Wildman–Crippen LogP) is 3.68. The van der Waals surface area contributed by atoms with E-state index in [9.17, 15) is 9.59 Å². The molecule has 0 saturated heterocycles. The van der Waals surface area contributed by atoms with E-state index in [1.54, 1.807) is 49.6 Å². The van der Waals surface area contributed by atoms with Gasteiger partial charge < -0.3 is 9.15 Å². The number of carbonyl (C=O) groups excluding carboxylic acids is 2. The Morgan fingerprint density at radius 2 is 1.65 bits per heavy atom. The van der Waals surface area contributed by atoms with Crippen LogP contribution in [0.25, 0.3) is 11.1 Å². The van der Waals surface area contributed by atoms with Gasteiger partial charge in [0.25, 0.3) is 0 Å². The summed E-state index contributed by atoms with van der Waals surface area (Å²) in [6, 6.07) is 11.9. The molecule has 5 nitrogen and oxygen atoms in total. The van der Waals surface area contributed by atoms with Crippen LogP contribution in [0, 0.1) is 0 Å². The van der Waals surface area contributed by atoms with Crippen LogP contribution in [0.15, 0.2) is 53.3 Å². The first kappa shape index (κ1) is 15.0. The highest BCUT2D eigenvalue weighted by atomic mass is 16.5. The van der Waals surface area contributed by atoms with Crippen molar-refractivity contribution in [2.75, 3.05) is 7.11 Å². The lowest BCUT2D eigenvalue weighted by Crippen LogP contribution is -2.05. The van der Waals surface area contributed by atoms with Crippen LogP contribution in [0.5, 0.6) is 5.75 Å². The minimum atomic E-state index is -0.0863. The summed E-state index contributed by atoms with van der Waals surface area (Å²) in [4.78, 5) is 28.4. The van der Waals surface area contributed by atoms with Crippen LogP contribution < -0.4 is 4.74 Å². The van der Waals surface area contributed by atoms with Crippen molar-refractivity contribution >= 4 is 22.7 Å². The van der Waals surface area contributed by atoms with Gasteiger partial charge in [0.15, 0.2) is 23.5 Å². The maximum atomic E-state index is 12.2. The van der Waals surface area contributed by atoms with Gasteiger partial charge in [-0.1, -0.05) is 0 Å². The van der Waals surface area contributed by atoms with E-state index in [0.717, 1.165) is 0 Å². The zero-order valence-electron chi connectivity index (χ0n) is 12.6. The van der Waals surface area contributed by atoms with E-state index < -0.39 is 0 Å². The smallest absolute Gasteiger partial charge is 0.181 e. The second kappa shape index (κ2) is 6.44. The van der Waals surface area contributed by atoms with E-state index >= 15 is 0 Å². The fourth-order valence-corrected chi connectivity index (χ4v) is 2.32. The summed E-state index contributed by atoms with van der Waals surface area (Å²) in [7, 11) is 1.57. The number of ketones is 2. The number of hydrogen-bond donors (Lipinski definition) is 0. The number of ether oxygens (including phenoxy) is 1.